The summed E-state index contributed by atoms with van der Waals surface area (Å²) in [5.74, 6) is -0.897. The van der Waals surface area contributed by atoms with Crippen LogP contribution in [0.1, 0.15) is 32.3 Å². The third kappa shape index (κ3) is 4.82. The van der Waals surface area contributed by atoms with E-state index >= 15 is 0 Å². The molecule has 0 spiro atoms. The number of hydrogen-bond donors (Lipinski definition) is 1. The first-order valence-corrected chi connectivity index (χ1v) is 6.14. The van der Waals surface area contributed by atoms with Crippen molar-refractivity contribution in [3.63, 3.8) is 0 Å². The Morgan fingerprint density at radius 1 is 1.18 bits per heavy atom. The summed E-state index contributed by atoms with van der Waals surface area (Å²) in [6.07, 6.45) is 2.81. The Hall–Kier alpha value is -0.960. The maximum Gasteiger partial charge on any atom is 0.159 e. The predicted molar refractivity (Wildman–Crippen MR) is 67.0 cm³/mol. The van der Waals surface area contributed by atoms with Gasteiger partial charge >= 0.3 is 0 Å². The summed E-state index contributed by atoms with van der Waals surface area (Å²) in [6.45, 7) is 4.36. The van der Waals surface area contributed by atoms with Crippen molar-refractivity contribution in [2.75, 3.05) is 7.05 Å². The lowest BCUT2D eigenvalue weighted by atomic mass is 9.97. The standard InChI is InChI=1S/C14H21F2N/c1-10(2)8-12(17-3)6-4-11-5-7-13(15)14(16)9-11/h5,7,9-10,12,17H,4,6,8H2,1-3H3. The molecule has 0 radical (unpaired) electrons. The molecule has 1 rings (SSSR count). The molecule has 0 heterocycles. The molecule has 3 heteroatoms. The van der Waals surface area contributed by atoms with Gasteiger partial charge in [-0.3, -0.25) is 0 Å². The zero-order valence-electron chi connectivity index (χ0n) is 10.8. The molecule has 0 saturated carbocycles. The van der Waals surface area contributed by atoms with Crippen LogP contribution >= 0.6 is 0 Å². The second-order valence-corrected chi connectivity index (χ2v) is 4.90. The molecule has 1 unspecified atom stereocenters. The van der Waals surface area contributed by atoms with Crippen LogP contribution in [0.5, 0.6) is 0 Å². The molecule has 0 aliphatic carbocycles. The lowest BCUT2D eigenvalue weighted by molar-refractivity contribution is 0.421. The highest BCUT2D eigenvalue weighted by Gasteiger charge is 2.09. The van der Waals surface area contributed by atoms with Crippen molar-refractivity contribution < 1.29 is 8.78 Å². The van der Waals surface area contributed by atoms with E-state index in [2.05, 4.69) is 19.2 Å². The van der Waals surface area contributed by atoms with E-state index < -0.39 is 11.6 Å². The van der Waals surface area contributed by atoms with Crippen molar-refractivity contribution in [3.05, 3.63) is 35.4 Å². The van der Waals surface area contributed by atoms with Crippen LogP contribution in [0.2, 0.25) is 0 Å². The van der Waals surface area contributed by atoms with Crippen molar-refractivity contribution in [1.29, 1.82) is 0 Å². The fourth-order valence-corrected chi connectivity index (χ4v) is 1.99. The zero-order valence-corrected chi connectivity index (χ0v) is 10.8. The molecule has 0 aromatic heterocycles. The molecular weight excluding hydrogens is 220 g/mol. The van der Waals surface area contributed by atoms with Gasteiger partial charge in [0.15, 0.2) is 11.6 Å². The van der Waals surface area contributed by atoms with Crippen LogP contribution in [0.25, 0.3) is 0 Å². The van der Waals surface area contributed by atoms with Gasteiger partial charge in [0.05, 0.1) is 0 Å². The summed E-state index contributed by atoms with van der Waals surface area (Å²) >= 11 is 0. The number of aryl methyl sites for hydroxylation is 1. The van der Waals surface area contributed by atoms with E-state index in [4.69, 9.17) is 0 Å². The highest BCUT2D eigenvalue weighted by Crippen LogP contribution is 2.14. The molecule has 0 bridgehead atoms. The van der Waals surface area contributed by atoms with Crippen LogP contribution in [0, 0.1) is 17.6 Å². The Bertz CT molecular complexity index is 350. The second-order valence-electron chi connectivity index (χ2n) is 4.90. The quantitative estimate of drug-likeness (QED) is 0.803. The van der Waals surface area contributed by atoms with Gasteiger partial charge in [0.1, 0.15) is 0 Å². The summed E-state index contributed by atoms with van der Waals surface area (Å²) in [4.78, 5) is 0. The van der Waals surface area contributed by atoms with E-state index in [1.165, 1.54) is 12.1 Å². The van der Waals surface area contributed by atoms with Gasteiger partial charge in [-0.2, -0.15) is 0 Å². The minimum atomic E-state index is -0.777. The largest absolute Gasteiger partial charge is 0.317 e. The molecule has 0 aliphatic rings. The number of nitrogens with one attached hydrogen (secondary N) is 1. The van der Waals surface area contributed by atoms with E-state index in [1.54, 1.807) is 6.07 Å². The molecule has 1 aromatic rings. The van der Waals surface area contributed by atoms with Gasteiger partial charge < -0.3 is 5.32 Å². The van der Waals surface area contributed by atoms with Crippen LogP contribution in [0.15, 0.2) is 18.2 Å². The fraction of sp³-hybridized carbons (Fsp3) is 0.571. The Kier molecular flexibility index (Phi) is 5.56. The van der Waals surface area contributed by atoms with Gasteiger partial charge in [-0.05, 0) is 49.9 Å². The van der Waals surface area contributed by atoms with Gasteiger partial charge in [-0.25, -0.2) is 8.78 Å². The normalized spacial score (nSPS) is 13.1. The highest BCUT2D eigenvalue weighted by atomic mass is 19.2. The average Bonchev–Trinajstić information content (AvgIpc) is 2.28. The van der Waals surface area contributed by atoms with Crippen molar-refractivity contribution in [1.82, 2.24) is 5.32 Å². The molecule has 0 saturated heterocycles. The van der Waals surface area contributed by atoms with Gasteiger partial charge in [0, 0.05) is 6.04 Å². The first-order chi connectivity index (χ1) is 8.02. The first kappa shape index (κ1) is 14.1. The molecular formula is C14H21F2N. The molecule has 1 N–H and O–H groups in total. The van der Waals surface area contributed by atoms with Crippen LogP contribution in [0.4, 0.5) is 8.78 Å². The SMILES string of the molecule is CNC(CCc1ccc(F)c(F)c1)CC(C)C. The summed E-state index contributed by atoms with van der Waals surface area (Å²) < 4.78 is 25.8. The molecule has 0 amide bonds. The van der Waals surface area contributed by atoms with Gasteiger partial charge in [-0.1, -0.05) is 19.9 Å². The zero-order chi connectivity index (χ0) is 12.8. The van der Waals surface area contributed by atoms with Crippen LogP contribution < -0.4 is 5.32 Å². The molecule has 96 valence electrons. The number of benzene rings is 1. The molecule has 0 aliphatic heterocycles. The molecule has 1 aromatic carbocycles. The summed E-state index contributed by atoms with van der Waals surface area (Å²) in [7, 11) is 1.94. The van der Waals surface area contributed by atoms with Crippen LogP contribution in [-0.2, 0) is 6.42 Å². The van der Waals surface area contributed by atoms with Gasteiger partial charge in [0.25, 0.3) is 0 Å². The number of rotatable bonds is 6. The van der Waals surface area contributed by atoms with Crippen molar-refractivity contribution >= 4 is 0 Å². The highest BCUT2D eigenvalue weighted by molar-refractivity contribution is 5.17. The minimum Gasteiger partial charge on any atom is -0.317 e. The maximum atomic E-state index is 13.0. The van der Waals surface area contributed by atoms with Crippen LogP contribution in [-0.4, -0.2) is 13.1 Å². The monoisotopic (exact) mass is 241 g/mol. The van der Waals surface area contributed by atoms with E-state index in [9.17, 15) is 8.78 Å². The van der Waals surface area contributed by atoms with Gasteiger partial charge in [-0.15, -0.1) is 0 Å². The second kappa shape index (κ2) is 6.70. The third-order valence-electron chi connectivity index (χ3n) is 2.93. The summed E-state index contributed by atoms with van der Waals surface area (Å²) in [5, 5.41) is 3.26. The van der Waals surface area contributed by atoms with E-state index in [-0.39, 0.29) is 0 Å². The Morgan fingerprint density at radius 3 is 2.41 bits per heavy atom. The summed E-state index contributed by atoms with van der Waals surface area (Å²) in [5.41, 5.74) is 0.855. The van der Waals surface area contributed by atoms with Gasteiger partial charge in [0.2, 0.25) is 0 Å². The molecule has 0 fully saturated rings. The van der Waals surface area contributed by atoms with E-state index in [1.807, 2.05) is 7.05 Å². The van der Waals surface area contributed by atoms with Crippen molar-refractivity contribution in [2.24, 2.45) is 5.92 Å². The lowest BCUT2D eigenvalue weighted by Gasteiger charge is -2.18. The summed E-state index contributed by atoms with van der Waals surface area (Å²) in [6, 6.07) is 4.57. The van der Waals surface area contributed by atoms with E-state index in [0.29, 0.717) is 12.0 Å². The first-order valence-electron chi connectivity index (χ1n) is 6.14. The number of halogens is 2. The van der Waals surface area contributed by atoms with Crippen LogP contribution in [0.3, 0.4) is 0 Å². The Balaban J connectivity index is 2.50. The third-order valence-corrected chi connectivity index (χ3v) is 2.93. The topological polar surface area (TPSA) is 12.0 Å². The minimum absolute atomic E-state index is 0.433. The van der Waals surface area contributed by atoms with Crippen molar-refractivity contribution in [3.8, 4) is 0 Å². The maximum absolute atomic E-state index is 13.0. The predicted octanol–water partition coefficient (Wildman–Crippen LogP) is 3.53. The Labute approximate surface area is 102 Å². The number of hydrogen-bond acceptors (Lipinski definition) is 1. The fourth-order valence-electron chi connectivity index (χ4n) is 1.99. The molecule has 1 nitrogen and oxygen atoms in total. The van der Waals surface area contributed by atoms with E-state index in [0.717, 1.165) is 24.8 Å². The average molecular weight is 241 g/mol. The molecule has 1 atom stereocenters. The Morgan fingerprint density at radius 2 is 1.88 bits per heavy atom. The van der Waals surface area contributed by atoms with Crippen molar-refractivity contribution in [2.45, 2.75) is 39.2 Å². The smallest absolute Gasteiger partial charge is 0.159 e. The molecule has 17 heavy (non-hydrogen) atoms. The lowest BCUT2D eigenvalue weighted by Crippen LogP contribution is -2.27.